The summed E-state index contributed by atoms with van der Waals surface area (Å²) in [6.07, 6.45) is -1.40. The van der Waals surface area contributed by atoms with Crippen LogP contribution in [0.1, 0.15) is 51.2 Å². The molecule has 0 amide bonds. The third kappa shape index (κ3) is 4.73. The summed E-state index contributed by atoms with van der Waals surface area (Å²) in [5.41, 5.74) is 0.218. The van der Waals surface area contributed by atoms with Crippen LogP contribution < -0.4 is 0 Å². The van der Waals surface area contributed by atoms with Crippen molar-refractivity contribution in [3.05, 3.63) is 35.4 Å². The number of alkyl halides is 3. The number of hydrogen-bond donors (Lipinski definition) is 1. The summed E-state index contributed by atoms with van der Waals surface area (Å²) in [5, 5.41) is 9.43. The van der Waals surface area contributed by atoms with Crippen LogP contribution in [0.25, 0.3) is 0 Å². The number of aliphatic hydroxyl groups excluding tert-OH is 1. The van der Waals surface area contributed by atoms with E-state index in [0.717, 1.165) is 44.5 Å². The minimum atomic E-state index is -4.28. The lowest BCUT2D eigenvalue weighted by Crippen LogP contribution is -2.41. The second-order valence-electron chi connectivity index (χ2n) is 8.02. The Morgan fingerprint density at radius 1 is 1.04 bits per heavy atom. The molecule has 24 heavy (non-hydrogen) atoms. The molecular formula is C19H28F3NO. The molecule has 1 aliphatic heterocycles. The minimum absolute atomic E-state index is 0.0411. The molecular weight excluding hydrogens is 315 g/mol. The second kappa shape index (κ2) is 7.04. The molecule has 5 heteroatoms. The molecule has 136 valence electrons. The van der Waals surface area contributed by atoms with Gasteiger partial charge in [0.15, 0.2) is 0 Å². The number of piperidine rings is 1. The summed E-state index contributed by atoms with van der Waals surface area (Å²) < 4.78 is 38.0. The van der Waals surface area contributed by atoms with Gasteiger partial charge in [-0.15, -0.1) is 0 Å². The smallest absolute Gasteiger partial charge is 0.396 e. The van der Waals surface area contributed by atoms with Gasteiger partial charge >= 0.3 is 6.18 Å². The summed E-state index contributed by atoms with van der Waals surface area (Å²) in [4.78, 5) is 2.39. The predicted octanol–water partition coefficient (Wildman–Crippen LogP) is 4.47. The van der Waals surface area contributed by atoms with Crippen LogP contribution in [0.4, 0.5) is 13.2 Å². The van der Waals surface area contributed by atoms with Gasteiger partial charge in [0.05, 0.1) is 5.56 Å². The fourth-order valence-electron chi connectivity index (χ4n) is 3.17. The molecule has 1 aliphatic rings. The third-order valence-electron chi connectivity index (χ3n) is 5.49. The molecule has 1 fully saturated rings. The average Bonchev–Trinajstić information content (AvgIpc) is 2.54. The Labute approximate surface area is 142 Å². The molecule has 0 saturated carbocycles. The van der Waals surface area contributed by atoms with E-state index >= 15 is 0 Å². The van der Waals surface area contributed by atoms with Gasteiger partial charge < -0.3 is 10.0 Å². The van der Waals surface area contributed by atoms with Crippen molar-refractivity contribution in [2.24, 2.45) is 5.41 Å². The van der Waals surface area contributed by atoms with Gasteiger partial charge in [0.1, 0.15) is 0 Å². The van der Waals surface area contributed by atoms with E-state index in [2.05, 4.69) is 25.7 Å². The average molecular weight is 343 g/mol. The Morgan fingerprint density at radius 2 is 1.54 bits per heavy atom. The van der Waals surface area contributed by atoms with Gasteiger partial charge in [-0.05, 0) is 67.4 Å². The minimum Gasteiger partial charge on any atom is -0.396 e. The van der Waals surface area contributed by atoms with E-state index in [1.807, 2.05) is 0 Å². The highest BCUT2D eigenvalue weighted by Gasteiger charge is 2.32. The predicted molar refractivity (Wildman–Crippen MR) is 90.0 cm³/mol. The summed E-state index contributed by atoms with van der Waals surface area (Å²) in [7, 11) is 0. The molecule has 2 nitrogen and oxygen atoms in total. The number of likely N-dealkylation sites (tertiary alicyclic amines) is 1. The summed E-state index contributed by atoms with van der Waals surface area (Å²) in [6.45, 7) is 9.39. The lowest BCUT2D eigenvalue weighted by atomic mass is 9.79. The molecule has 0 aromatic heterocycles. The van der Waals surface area contributed by atoms with E-state index in [0.29, 0.717) is 0 Å². The van der Waals surface area contributed by atoms with Crippen molar-refractivity contribution < 1.29 is 18.3 Å². The molecule has 0 spiro atoms. The molecule has 1 N–H and O–H groups in total. The molecule has 1 aromatic carbocycles. The van der Waals surface area contributed by atoms with Gasteiger partial charge in [-0.2, -0.15) is 13.2 Å². The first-order chi connectivity index (χ1) is 11.1. The van der Waals surface area contributed by atoms with Crippen LogP contribution in [0.15, 0.2) is 24.3 Å². The van der Waals surface area contributed by atoms with Gasteiger partial charge in [-0.3, -0.25) is 0 Å². The van der Waals surface area contributed by atoms with Crippen molar-refractivity contribution in [3.63, 3.8) is 0 Å². The van der Waals surface area contributed by atoms with E-state index < -0.39 is 11.7 Å². The van der Waals surface area contributed by atoms with Gasteiger partial charge in [-0.25, -0.2) is 0 Å². The van der Waals surface area contributed by atoms with E-state index in [4.69, 9.17) is 0 Å². The van der Waals surface area contributed by atoms with Crippen LogP contribution in [0.2, 0.25) is 0 Å². The lowest BCUT2D eigenvalue weighted by Gasteiger charge is -2.39. The van der Waals surface area contributed by atoms with Crippen LogP contribution in [0, 0.1) is 5.41 Å². The van der Waals surface area contributed by atoms with Gasteiger partial charge in [0, 0.05) is 6.61 Å². The summed E-state index contributed by atoms with van der Waals surface area (Å²) in [6, 6.07) is 5.54. The van der Waals surface area contributed by atoms with Gasteiger partial charge in [-0.1, -0.05) is 32.9 Å². The van der Waals surface area contributed by atoms with E-state index in [1.165, 1.54) is 12.1 Å². The van der Waals surface area contributed by atoms with Gasteiger partial charge in [0.2, 0.25) is 0 Å². The molecule has 0 aliphatic carbocycles. The Balaban J connectivity index is 1.92. The molecule has 2 rings (SSSR count). The molecule has 0 bridgehead atoms. The Kier molecular flexibility index (Phi) is 5.65. The Hall–Kier alpha value is -1.07. The second-order valence-corrected chi connectivity index (χ2v) is 8.02. The fraction of sp³-hybridized carbons (Fsp3) is 0.684. The van der Waals surface area contributed by atoms with Crippen molar-refractivity contribution >= 4 is 0 Å². The van der Waals surface area contributed by atoms with Crippen molar-refractivity contribution in [2.75, 3.05) is 26.2 Å². The van der Waals surface area contributed by atoms with E-state index in [9.17, 15) is 18.3 Å². The van der Waals surface area contributed by atoms with E-state index in [-0.39, 0.29) is 17.4 Å². The number of rotatable bonds is 5. The first-order valence-corrected chi connectivity index (χ1v) is 8.57. The first kappa shape index (κ1) is 19.3. The van der Waals surface area contributed by atoms with Crippen LogP contribution in [0.5, 0.6) is 0 Å². The zero-order valence-electron chi connectivity index (χ0n) is 14.8. The van der Waals surface area contributed by atoms with Crippen molar-refractivity contribution in [1.82, 2.24) is 4.90 Å². The lowest BCUT2D eigenvalue weighted by molar-refractivity contribution is -0.137. The number of benzene rings is 1. The topological polar surface area (TPSA) is 23.5 Å². The largest absolute Gasteiger partial charge is 0.416 e. The zero-order chi connectivity index (χ0) is 18.0. The highest BCUT2D eigenvalue weighted by molar-refractivity contribution is 5.29. The van der Waals surface area contributed by atoms with Crippen LogP contribution in [-0.2, 0) is 11.6 Å². The van der Waals surface area contributed by atoms with Crippen molar-refractivity contribution in [1.29, 1.82) is 0 Å². The highest BCUT2D eigenvalue weighted by Crippen LogP contribution is 2.34. The Morgan fingerprint density at radius 3 is 2.00 bits per heavy atom. The van der Waals surface area contributed by atoms with Crippen LogP contribution in [0.3, 0.4) is 0 Å². The molecule has 1 aromatic rings. The molecule has 0 unspecified atom stereocenters. The number of hydrogen-bond acceptors (Lipinski definition) is 2. The highest BCUT2D eigenvalue weighted by atomic mass is 19.4. The third-order valence-corrected chi connectivity index (χ3v) is 5.49. The summed E-state index contributed by atoms with van der Waals surface area (Å²) in [5.74, 6) is 0. The molecule has 0 atom stereocenters. The van der Waals surface area contributed by atoms with Gasteiger partial charge in [0.25, 0.3) is 0 Å². The first-order valence-electron chi connectivity index (χ1n) is 8.57. The maximum atomic E-state index is 12.7. The molecule has 1 heterocycles. The monoisotopic (exact) mass is 343 g/mol. The Bertz CT molecular complexity index is 529. The van der Waals surface area contributed by atoms with Crippen molar-refractivity contribution in [2.45, 2.75) is 51.6 Å². The standard InChI is InChI=1S/C19H28F3NO/c1-17(2,15-4-6-16(7-5-15)19(20,21)22)8-11-23-12-9-18(3,14-24)10-13-23/h4-7,24H,8-14H2,1-3H3. The normalized spacial score (nSPS) is 19.5. The molecule has 1 saturated heterocycles. The summed E-state index contributed by atoms with van der Waals surface area (Å²) >= 11 is 0. The number of aliphatic hydroxyl groups is 1. The molecule has 0 radical (unpaired) electrons. The maximum Gasteiger partial charge on any atom is 0.416 e. The van der Waals surface area contributed by atoms with Crippen molar-refractivity contribution in [3.8, 4) is 0 Å². The van der Waals surface area contributed by atoms with E-state index in [1.54, 1.807) is 12.1 Å². The van der Waals surface area contributed by atoms with Crippen LogP contribution >= 0.6 is 0 Å². The quantitative estimate of drug-likeness (QED) is 0.853. The zero-order valence-corrected chi connectivity index (χ0v) is 14.8. The fourth-order valence-corrected chi connectivity index (χ4v) is 3.17. The SMILES string of the molecule is CC1(CO)CCN(CCC(C)(C)c2ccc(C(F)(F)F)cc2)CC1. The number of nitrogens with zero attached hydrogens (tertiary/aromatic N) is 1. The maximum absolute atomic E-state index is 12.7. The number of halogens is 3. The van der Waals surface area contributed by atoms with Crippen LogP contribution in [-0.4, -0.2) is 36.2 Å².